The molecule has 0 aliphatic carbocycles. The number of aromatic nitrogens is 2. The van der Waals surface area contributed by atoms with E-state index in [4.69, 9.17) is 0 Å². The second kappa shape index (κ2) is 6.72. The highest BCUT2D eigenvalue weighted by molar-refractivity contribution is 7.15. The first-order chi connectivity index (χ1) is 11.5. The number of fused-ring (bicyclic) bond motifs is 1. The molecule has 2 aromatic heterocycles. The lowest BCUT2D eigenvalue weighted by Gasteiger charge is -2.32. The van der Waals surface area contributed by atoms with E-state index in [0.717, 1.165) is 12.8 Å². The van der Waals surface area contributed by atoms with Crippen LogP contribution in [0.4, 0.5) is 0 Å². The van der Waals surface area contributed by atoms with Crippen molar-refractivity contribution in [2.45, 2.75) is 32.7 Å². The summed E-state index contributed by atoms with van der Waals surface area (Å²) in [7, 11) is 0. The predicted molar refractivity (Wildman–Crippen MR) is 91.2 cm³/mol. The van der Waals surface area contributed by atoms with Gasteiger partial charge in [-0.05, 0) is 26.7 Å². The second-order valence-electron chi connectivity index (χ2n) is 6.29. The van der Waals surface area contributed by atoms with E-state index in [-0.39, 0.29) is 34.9 Å². The molecule has 1 fully saturated rings. The topological polar surface area (TPSA) is 83.8 Å². The van der Waals surface area contributed by atoms with Gasteiger partial charge in [-0.25, -0.2) is 4.98 Å². The molecule has 1 atom stereocenters. The van der Waals surface area contributed by atoms with Crippen LogP contribution in [-0.2, 0) is 4.79 Å². The standard InChI is InChI=1S/C16H20N4O3S/c1-10(2)18-13(21)11-4-3-5-19(9-11)14(22)12-8-17-16-20(15(12)23)6-7-24-16/h6-8,10-11H,3-5,9H2,1-2H3,(H,18,21)/t11-/m1/s1. The fourth-order valence-corrected chi connectivity index (χ4v) is 3.59. The van der Waals surface area contributed by atoms with Crippen LogP contribution in [0.15, 0.2) is 22.6 Å². The van der Waals surface area contributed by atoms with Crippen molar-refractivity contribution in [2.24, 2.45) is 5.92 Å². The molecule has 7 nitrogen and oxygen atoms in total. The molecule has 128 valence electrons. The van der Waals surface area contributed by atoms with Crippen molar-refractivity contribution in [1.29, 1.82) is 0 Å². The third-order valence-corrected chi connectivity index (χ3v) is 4.85. The number of hydrogen-bond donors (Lipinski definition) is 1. The van der Waals surface area contributed by atoms with Gasteiger partial charge in [0.05, 0.1) is 5.92 Å². The zero-order valence-corrected chi connectivity index (χ0v) is 14.5. The molecular formula is C16H20N4O3S. The molecule has 24 heavy (non-hydrogen) atoms. The Balaban J connectivity index is 1.79. The van der Waals surface area contributed by atoms with Crippen molar-refractivity contribution >= 4 is 28.1 Å². The van der Waals surface area contributed by atoms with Crippen LogP contribution in [0.25, 0.3) is 4.96 Å². The van der Waals surface area contributed by atoms with Gasteiger partial charge in [-0.15, -0.1) is 11.3 Å². The Morgan fingerprint density at radius 2 is 2.21 bits per heavy atom. The fraction of sp³-hybridized carbons (Fsp3) is 0.500. The predicted octanol–water partition coefficient (Wildman–Crippen LogP) is 1.13. The second-order valence-corrected chi connectivity index (χ2v) is 7.16. The molecule has 2 amide bonds. The van der Waals surface area contributed by atoms with Crippen molar-refractivity contribution < 1.29 is 9.59 Å². The minimum absolute atomic E-state index is 0.0365. The molecule has 2 aromatic rings. The van der Waals surface area contributed by atoms with Crippen molar-refractivity contribution in [3.8, 4) is 0 Å². The van der Waals surface area contributed by atoms with E-state index < -0.39 is 0 Å². The van der Waals surface area contributed by atoms with Crippen molar-refractivity contribution in [1.82, 2.24) is 19.6 Å². The van der Waals surface area contributed by atoms with Crippen LogP contribution >= 0.6 is 11.3 Å². The number of amides is 2. The van der Waals surface area contributed by atoms with Gasteiger partial charge in [-0.3, -0.25) is 18.8 Å². The number of carbonyl (C=O) groups is 2. The number of nitrogens with zero attached hydrogens (tertiary/aromatic N) is 3. The number of rotatable bonds is 3. The number of nitrogens with one attached hydrogen (secondary N) is 1. The smallest absolute Gasteiger partial charge is 0.271 e. The van der Waals surface area contributed by atoms with Gasteiger partial charge in [0.25, 0.3) is 11.5 Å². The molecule has 3 heterocycles. The zero-order chi connectivity index (χ0) is 17.3. The van der Waals surface area contributed by atoms with Crippen LogP contribution in [0, 0.1) is 5.92 Å². The third kappa shape index (κ3) is 3.19. The minimum Gasteiger partial charge on any atom is -0.354 e. The molecule has 0 bridgehead atoms. The Morgan fingerprint density at radius 1 is 1.42 bits per heavy atom. The van der Waals surface area contributed by atoms with Crippen molar-refractivity contribution in [3.63, 3.8) is 0 Å². The Hall–Kier alpha value is -2.22. The first kappa shape index (κ1) is 16.6. The molecule has 0 spiro atoms. The van der Waals surface area contributed by atoms with Gasteiger partial charge in [0, 0.05) is 36.9 Å². The van der Waals surface area contributed by atoms with Gasteiger partial charge >= 0.3 is 0 Å². The van der Waals surface area contributed by atoms with Crippen LogP contribution in [0.3, 0.4) is 0 Å². The van der Waals surface area contributed by atoms with Crippen molar-refractivity contribution in [3.05, 3.63) is 33.7 Å². The van der Waals surface area contributed by atoms with Crippen LogP contribution < -0.4 is 10.9 Å². The number of piperidine rings is 1. The van der Waals surface area contributed by atoms with Crippen LogP contribution in [0.1, 0.15) is 37.0 Å². The van der Waals surface area contributed by atoms with Gasteiger partial charge in [0.1, 0.15) is 5.56 Å². The third-order valence-electron chi connectivity index (χ3n) is 4.08. The van der Waals surface area contributed by atoms with Crippen LogP contribution in [-0.4, -0.2) is 45.2 Å². The summed E-state index contributed by atoms with van der Waals surface area (Å²) in [5, 5.41) is 4.65. The molecule has 1 N–H and O–H groups in total. The molecule has 3 rings (SSSR count). The summed E-state index contributed by atoms with van der Waals surface area (Å²) >= 11 is 1.34. The molecule has 0 aromatic carbocycles. The quantitative estimate of drug-likeness (QED) is 0.901. The zero-order valence-electron chi connectivity index (χ0n) is 13.7. The SMILES string of the molecule is CC(C)NC(=O)[C@@H]1CCCN(C(=O)c2cnc3sccn3c2=O)C1. The molecule has 1 aliphatic heterocycles. The van der Waals surface area contributed by atoms with E-state index in [2.05, 4.69) is 10.3 Å². The summed E-state index contributed by atoms with van der Waals surface area (Å²) in [6.45, 7) is 4.71. The number of carbonyl (C=O) groups excluding carboxylic acids is 2. The van der Waals surface area contributed by atoms with Gasteiger partial charge in [-0.1, -0.05) is 0 Å². The maximum Gasteiger partial charge on any atom is 0.271 e. The molecule has 1 saturated heterocycles. The lowest BCUT2D eigenvalue weighted by Crippen LogP contribution is -2.47. The Labute approximate surface area is 143 Å². The van der Waals surface area contributed by atoms with E-state index in [0.29, 0.717) is 18.1 Å². The highest BCUT2D eigenvalue weighted by atomic mass is 32.1. The van der Waals surface area contributed by atoms with Crippen molar-refractivity contribution in [2.75, 3.05) is 13.1 Å². The highest BCUT2D eigenvalue weighted by Crippen LogP contribution is 2.18. The first-order valence-electron chi connectivity index (χ1n) is 8.02. The summed E-state index contributed by atoms with van der Waals surface area (Å²) in [6.07, 6.45) is 4.45. The summed E-state index contributed by atoms with van der Waals surface area (Å²) < 4.78 is 1.38. The van der Waals surface area contributed by atoms with E-state index in [9.17, 15) is 14.4 Å². The highest BCUT2D eigenvalue weighted by Gasteiger charge is 2.30. The van der Waals surface area contributed by atoms with E-state index in [1.165, 1.54) is 21.9 Å². The van der Waals surface area contributed by atoms with Gasteiger partial charge in [-0.2, -0.15) is 0 Å². The largest absolute Gasteiger partial charge is 0.354 e. The first-order valence-corrected chi connectivity index (χ1v) is 8.90. The Morgan fingerprint density at radius 3 is 2.96 bits per heavy atom. The average molecular weight is 348 g/mol. The summed E-state index contributed by atoms with van der Waals surface area (Å²) in [4.78, 5) is 43.7. The van der Waals surface area contributed by atoms with Crippen LogP contribution in [0.2, 0.25) is 0 Å². The van der Waals surface area contributed by atoms with E-state index in [1.807, 2.05) is 13.8 Å². The fourth-order valence-electron chi connectivity index (χ4n) is 2.92. The van der Waals surface area contributed by atoms with Gasteiger partial charge < -0.3 is 10.2 Å². The van der Waals surface area contributed by atoms with E-state index >= 15 is 0 Å². The molecule has 0 unspecified atom stereocenters. The minimum atomic E-state index is -0.361. The van der Waals surface area contributed by atoms with E-state index in [1.54, 1.807) is 16.5 Å². The van der Waals surface area contributed by atoms with Gasteiger partial charge in [0.15, 0.2) is 4.96 Å². The molecule has 1 aliphatic rings. The van der Waals surface area contributed by atoms with Crippen LogP contribution in [0.5, 0.6) is 0 Å². The monoisotopic (exact) mass is 348 g/mol. The average Bonchev–Trinajstić information content (AvgIpc) is 3.04. The molecular weight excluding hydrogens is 328 g/mol. The van der Waals surface area contributed by atoms with Gasteiger partial charge in [0.2, 0.25) is 5.91 Å². The summed E-state index contributed by atoms with van der Waals surface area (Å²) in [6, 6.07) is 0.0680. The lowest BCUT2D eigenvalue weighted by atomic mass is 9.96. The lowest BCUT2D eigenvalue weighted by molar-refractivity contribution is -0.126. The molecule has 0 radical (unpaired) electrons. The normalized spacial score (nSPS) is 18.1. The number of hydrogen-bond acceptors (Lipinski definition) is 5. The molecule has 8 heteroatoms. The Bertz CT molecular complexity index is 826. The summed E-state index contributed by atoms with van der Waals surface area (Å²) in [5.41, 5.74) is -0.309. The number of thiazole rings is 1. The maximum absolute atomic E-state index is 12.7. The maximum atomic E-state index is 12.7. The Kier molecular flexibility index (Phi) is 4.66. The molecule has 0 saturated carbocycles. The summed E-state index contributed by atoms with van der Waals surface area (Å²) in [5.74, 6) is -0.619. The number of likely N-dealkylation sites (tertiary alicyclic amines) is 1.